The maximum Gasteiger partial charge on any atom is 0.425 e. The SMILES string of the molecule is CN(C)c1cccc(C(O)(c2cccc(C(F)(F)F)c2)C(F)(F)F)c1. The minimum Gasteiger partial charge on any atom is -0.378 e. The lowest BCUT2D eigenvalue weighted by atomic mass is 9.84. The van der Waals surface area contributed by atoms with Crippen molar-refractivity contribution in [1.82, 2.24) is 0 Å². The van der Waals surface area contributed by atoms with E-state index in [1.165, 1.54) is 17.0 Å². The van der Waals surface area contributed by atoms with Crippen LogP contribution in [0.2, 0.25) is 0 Å². The monoisotopic (exact) mass is 363 g/mol. The molecule has 0 amide bonds. The summed E-state index contributed by atoms with van der Waals surface area (Å²) in [6.07, 6.45) is -10.0. The molecular formula is C17H15F6NO. The highest BCUT2D eigenvalue weighted by molar-refractivity contribution is 5.51. The zero-order valence-corrected chi connectivity index (χ0v) is 13.3. The molecule has 8 heteroatoms. The molecule has 2 rings (SSSR count). The Kier molecular flexibility index (Phi) is 4.78. The molecule has 0 aliphatic heterocycles. The first kappa shape index (κ1) is 19.1. The second kappa shape index (κ2) is 6.25. The highest BCUT2D eigenvalue weighted by Crippen LogP contribution is 2.45. The third kappa shape index (κ3) is 3.58. The zero-order chi connectivity index (χ0) is 19.0. The summed E-state index contributed by atoms with van der Waals surface area (Å²) in [6.45, 7) is 0. The molecule has 0 aromatic heterocycles. The van der Waals surface area contributed by atoms with Gasteiger partial charge in [0, 0.05) is 19.8 Å². The molecule has 0 saturated heterocycles. The second-order valence-corrected chi connectivity index (χ2v) is 5.73. The lowest BCUT2D eigenvalue weighted by Crippen LogP contribution is -2.43. The van der Waals surface area contributed by atoms with Crippen LogP contribution in [0.5, 0.6) is 0 Å². The summed E-state index contributed by atoms with van der Waals surface area (Å²) in [7, 11) is 3.19. The van der Waals surface area contributed by atoms with Crippen LogP contribution in [0.15, 0.2) is 48.5 Å². The van der Waals surface area contributed by atoms with Gasteiger partial charge >= 0.3 is 12.4 Å². The topological polar surface area (TPSA) is 23.5 Å². The van der Waals surface area contributed by atoms with Gasteiger partial charge in [-0.15, -0.1) is 0 Å². The first-order valence-corrected chi connectivity index (χ1v) is 7.12. The van der Waals surface area contributed by atoms with Gasteiger partial charge in [0.05, 0.1) is 5.56 Å². The zero-order valence-electron chi connectivity index (χ0n) is 13.3. The molecule has 0 bridgehead atoms. The van der Waals surface area contributed by atoms with Gasteiger partial charge in [0.15, 0.2) is 0 Å². The van der Waals surface area contributed by atoms with Crippen LogP contribution in [0, 0.1) is 0 Å². The summed E-state index contributed by atoms with van der Waals surface area (Å²) in [6, 6.07) is 7.57. The average molecular weight is 363 g/mol. The van der Waals surface area contributed by atoms with Crippen LogP contribution in [0.1, 0.15) is 16.7 Å². The van der Waals surface area contributed by atoms with Crippen molar-refractivity contribution in [3.05, 3.63) is 65.2 Å². The predicted molar refractivity (Wildman–Crippen MR) is 81.3 cm³/mol. The van der Waals surface area contributed by atoms with Gasteiger partial charge < -0.3 is 10.0 Å². The maximum atomic E-state index is 13.7. The Morgan fingerprint density at radius 2 is 1.24 bits per heavy atom. The second-order valence-electron chi connectivity index (χ2n) is 5.73. The van der Waals surface area contributed by atoms with Gasteiger partial charge in [-0.25, -0.2) is 0 Å². The van der Waals surface area contributed by atoms with Crippen molar-refractivity contribution in [2.75, 3.05) is 19.0 Å². The molecule has 1 unspecified atom stereocenters. The van der Waals surface area contributed by atoms with Crippen molar-refractivity contribution in [3.8, 4) is 0 Å². The summed E-state index contributed by atoms with van der Waals surface area (Å²) >= 11 is 0. The van der Waals surface area contributed by atoms with Gasteiger partial charge in [-0.2, -0.15) is 26.3 Å². The first-order valence-electron chi connectivity index (χ1n) is 7.12. The minimum absolute atomic E-state index is 0.315. The fourth-order valence-corrected chi connectivity index (χ4v) is 2.42. The fraction of sp³-hybridized carbons (Fsp3) is 0.294. The molecule has 136 valence electrons. The molecule has 1 N–H and O–H groups in total. The van der Waals surface area contributed by atoms with E-state index in [0.717, 1.165) is 24.3 Å². The van der Waals surface area contributed by atoms with E-state index in [1.807, 2.05) is 0 Å². The van der Waals surface area contributed by atoms with E-state index >= 15 is 0 Å². The standard InChI is InChI=1S/C17H15F6NO/c1-24(2)14-8-4-6-12(10-14)15(25,17(21,22)23)11-5-3-7-13(9-11)16(18,19)20/h3-10,25H,1-2H3. The number of benzene rings is 2. The third-order valence-electron chi connectivity index (χ3n) is 3.80. The Morgan fingerprint density at radius 1 is 0.760 bits per heavy atom. The molecule has 0 aliphatic rings. The smallest absolute Gasteiger partial charge is 0.378 e. The molecular weight excluding hydrogens is 348 g/mol. The van der Waals surface area contributed by atoms with Crippen LogP contribution in [-0.4, -0.2) is 25.4 Å². The van der Waals surface area contributed by atoms with Crippen LogP contribution in [0.3, 0.4) is 0 Å². The van der Waals surface area contributed by atoms with Crippen LogP contribution >= 0.6 is 0 Å². The summed E-state index contributed by atoms with van der Waals surface area (Å²) in [5.41, 5.74) is -5.93. The predicted octanol–water partition coefficient (Wildman–Crippen LogP) is 4.57. The number of hydrogen-bond acceptors (Lipinski definition) is 2. The Balaban J connectivity index is 2.71. The fourth-order valence-electron chi connectivity index (χ4n) is 2.42. The van der Waals surface area contributed by atoms with E-state index < -0.39 is 34.6 Å². The molecule has 2 aromatic carbocycles. The molecule has 0 aliphatic carbocycles. The number of rotatable bonds is 3. The number of aliphatic hydroxyl groups is 1. The van der Waals surface area contributed by atoms with Crippen LogP contribution in [0.4, 0.5) is 32.0 Å². The summed E-state index contributed by atoms with van der Waals surface area (Å²) in [4.78, 5) is 1.52. The van der Waals surface area contributed by atoms with Crippen LogP contribution in [0.25, 0.3) is 0 Å². The van der Waals surface area contributed by atoms with E-state index in [2.05, 4.69) is 0 Å². The van der Waals surface area contributed by atoms with Crippen molar-refractivity contribution in [3.63, 3.8) is 0 Å². The number of nitrogens with zero attached hydrogens (tertiary/aromatic N) is 1. The summed E-state index contributed by atoms with van der Waals surface area (Å²) < 4.78 is 79.6. The van der Waals surface area contributed by atoms with Crippen molar-refractivity contribution in [1.29, 1.82) is 0 Å². The molecule has 0 radical (unpaired) electrons. The van der Waals surface area contributed by atoms with E-state index in [1.54, 1.807) is 14.1 Å². The Morgan fingerprint density at radius 3 is 1.72 bits per heavy atom. The molecule has 2 aromatic rings. The third-order valence-corrected chi connectivity index (χ3v) is 3.80. The van der Waals surface area contributed by atoms with E-state index in [4.69, 9.17) is 0 Å². The molecule has 25 heavy (non-hydrogen) atoms. The Hall–Kier alpha value is -2.22. The maximum absolute atomic E-state index is 13.7. The molecule has 0 heterocycles. The van der Waals surface area contributed by atoms with Gasteiger partial charge in [0.1, 0.15) is 0 Å². The Bertz CT molecular complexity index is 753. The molecule has 0 fully saturated rings. The first-order chi connectivity index (χ1) is 11.4. The van der Waals surface area contributed by atoms with E-state index in [-0.39, 0.29) is 0 Å². The highest BCUT2D eigenvalue weighted by atomic mass is 19.4. The van der Waals surface area contributed by atoms with Gasteiger partial charge in [-0.05, 0) is 35.4 Å². The Labute approximate surface area is 140 Å². The highest BCUT2D eigenvalue weighted by Gasteiger charge is 2.56. The van der Waals surface area contributed by atoms with Gasteiger partial charge in [0.2, 0.25) is 5.60 Å². The molecule has 2 nitrogen and oxygen atoms in total. The van der Waals surface area contributed by atoms with Crippen LogP contribution < -0.4 is 4.90 Å². The van der Waals surface area contributed by atoms with Crippen LogP contribution in [-0.2, 0) is 11.8 Å². The molecule has 1 atom stereocenters. The quantitative estimate of drug-likeness (QED) is 0.808. The van der Waals surface area contributed by atoms with Gasteiger partial charge in [-0.3, -0.25) is 0 Å². The molecule has 0 spiro atoms. The largest absolute Gasteiger partial charge is 0.425 e. The van der Waals surface area contributed by atoms with Crippen molar-refractivity contribution in [2.45, 2.75) is 18.0 Å². The lowest BCUT2D eigenvalue weighted by Gasteiger charge is -2.32. The number of alkyl halides is 6. The number of anilines is 1. The summed E-state index contributed by atoms with van der Waals surface area (Å²) in [5, 5.41) is 10.5. The molecule has 0 saturated carbocycles. The van der Waals surface area contributed by atoms with E-state index in [9.17, 15) is 31.4 Å². The van der Waals surface area contributed by atoms with E-state index in [0.29, 0.717) is 17.8 Å². The van der Waals surface area contributed by atoms with Gasteiger partial charge in [-0.1, -0.05) is 24.3 Å². The average Bonchev–Trinajstić information content (AvgIpc) is 2.52. The van der Waals surface area contributed by atoms with Crippen molar-refractivity contribution >= 4 is 5.69 Å². The lowest BCUT2D eigenvalue weighted by molar-refractivity contribution is -0.248. The van der Waals surface area contributed by atoms with Crippen molar-refractivity contribution < 1.29 is 31.4 Å². The number of hydrogen-bond donors (Lipinski definition) is 1. The van der Waals surface area contributed by atoms with Crippen molar-refractivity contribution in [2.24, 2.45) is 0 Å². The van der Waals surface area contributed by atoms with Gasteiger partial charge in [0.25, 0.3) is 0 Å². The summed E-state index contributed by atoms with van der Waals surface area (Å²) in [5.74, 6) is 0. The normalized spacial score (nSPS) is 14.9. The number of halogens is 6. The minimum atomic E-state index is -5.22.